The number of rotatable bonds is 8. The van der Waals surface area contributed by atoms with E-state index in [0.717, 1.165) is 40.0 Å². The summed E-state index contributed by atoms with van der Waals surface area (Å²) in [4.78, 5) is 12.4. The zero-order chi connectivity index (χ0) is 20.1. The molecule has 3 aromatic rings. The van der Waals surface area contributed by atoms with Crippen molar-refractivity contribution in [2.24, 2.45) is 0 Å². The summed E-state index contributed by atoms with van der Waals surface area (Å²) < 4.78 is 13.1. The SMILES string of the molecule is COCCn1ccc2cc(NC(=O)COc3cc(C)ccc3C(C)C)ccc21. The highest BCUT2D eigenvalue weighted by atomic mass is 16.5. The van der Waals surface area contributed by atoms with Gasteiger partial charge in [0.2, 0.25) is 0 Å². The summed E-state index contributed by atoms with van der Waals surface area (Å²) in [7, 11) is 1.70. The largest absolute Gasteiger partial charge is 0.483 e. The van der Waals surface area contributed by atoms with Crippen molar-refractivity contribution in [2.45, 2.75) is 33.2 Å². The second-order valence-electron chi connectivity index (χ2n) is 7.31. The molecule has 0 aliphatic rings. The average Bonchev–Trinajstić information content (AvgIpc) is 3.06. The van der Waals surface area contributed by atoms with E-state index in [4.69, 9.17) is 9.47 Å². The molecule has 0 spiro atoms. The molecule has 0 aliphatic carbocycles. The molecule has 0 saturated heterocycles. The molecule has 0 saturated carbocycles. The number of benzene rings is 2. The Balaban J connectivity index is 1.64. The molecule has 0 radical (unpaired) electrons. The third-order valence-corrected chi connectivity index (χ3v) is 4.74. The molecule has 3 rings (SSSR count). The summed E-state index contributed by atoms with van der Waals surface area (Å²) >= 11 is 0. The van der Waals surface area contributed by atoms with Crippen LogP contribution in [0.2, 0.25) is 0 Å². The number of nitrogens with zero attached hydrogens (tertiary/aromatic N) is 1. The standard InChI is InChI=1S/C23H28N2O3/c1-16(2)20-7-5-17(3)13-22(20)28-15-23(26)24-19-6-8-21-18(14-19)9-10-25(21)11-12-27-4/h5-10,13-14,16H,11-12,15H2,1-4H3,(H,24,26). The number of hydrogen-bond donors (Lipinski definition) is 1. The topological polar surface area (TPSA) is 52.5 Å². The minimum atomic E-state index is -0.172. The second kappa shape index (κ2) is 8.93. The van der Waals surface area contributed by atoms with Gasteiger partial charge in [0, 0.05) is 36.4 Å². The van der Waals surface area contributed by atoms with Crippen molar-refractivity contribution in [3.05, 3.63) is 59.8 Å². The molecule has 1 amide bonds. The molecule has 0 atom stereocenters. The number of fused-ring (bicyclic) bond motifs is 1. The lowest BCUT2D eigenvalue weighted by molar-refractivity contribution is -0.118. The van der Waals surface area contributed by atoms with Crippen LogP contribution in [0.3, 0.4) is 0 Å². The minimum absolute atomic E-state index is 0.0178. The highest BCUT2D eigenvalue weighted by molar-refractivity contribution is 5.94. The molecule has 2 aromatic carbocycles. The fourth-order valence-corrected chi connectivity index (χ4v) is 3.25. The molecular weight excluding hydrogens is 352 g/mol. The Kier molecular flexibility index (Phi) is 6.37. The van der Waals surface area contributed by atoms with E-state index >= 15 is 0 Å². The van der Waals surface area contributed by atoms with Crippen LogP contribution in [-0.2, 0) is 16.1 Å². The highest BCUT2D eigenvalue weighted by Crippen LogP contribution is 2.27. The van der Waals surface area contributed by atoms with Crippen molar-refractivity contribution in [3.8, 4) is 5.75 Å². The quantitative estimate of drug-likeness (QED) is 0.614. The number of ether oxygens (including phenoxy) is 2. The molecular formula is C23H28N2O3. The Morgan fingerprint density at radius 1 is 1.14 bits per heavy atom. The van der Waals surface area contributed by atoms with Gasteiger partial charge in [-0.25, -0.2) is 0 Å². The zero-order valence-corrected chi connectivity index (χ0v) is 17.0. The van der Waals surface area contributed by atoms with Gasteiger partial charge in [-0.1, -0.05) is 26.0 Å². The van der Waals surface area contributed by atoms with Gasteiger partial charge < -0.3 is 19.4 Å². The van der Waals surface area contributed by atoms with Gasteiger partial charge in [0.1, 0.15) is 5.75 Å². The second-order valence-corrected chi connectivity index (χ2v) is 7.31. The number of carbonyl (C=O) groups excluding carboxylic acids is 1. The maximum absolute atomic E-state index is 12.4. The molecule has 5 nitrogen and oxygen atoms in total. The van der Waals surface area contributed by atoms with Gasteiger partial charge in [-0.3, -0.25) is 4.79 Å². The van der Waals surface area contributed by atoms with E-state index in [1.54, 1.807) is 7.11 Å². The van der Waals surface area contributed by atoms with Crippen LogP contribution in [0.25, 0.3) is 10.9 Å². The van der Waals surface area contributed by atoms with Crippen LogP contribution in [0, 0.1) is 6.92 Å². The molecule has 1 N–H and O–H groups in total. The Labute approximate surface area is 166 Å². The van der Waals surface area contributed by atoms with Gasteiger partial charge >= 0.3 is 0 Å². The third-order valence-electron chi connectivity index (χ3n) is 4.74. The first-order chi connectivity index (χ1) is 13.5. The van der Waals surface area contributed by atoms with E-state index in [0.29, 0.717) is 12.5 Å². The minimum Gasteiger partial charge on any atom is -0.483 e. The van der Waals surface area contributed by atoms with E-state index in [2.05, 4.69) is 35.9 Å². The summed E-state index contributed by atoms with van der Waals surface area (Å²) in [6.45, 7) is 7.70. The van der Waals surface area contributed by atoms with Gasteiger partial charge in [0.05, 0.1) is 6.61 Å². The van der Waals surface area contributed by atoms with Crippen molar-refractivity contribution in [2.75, 3.05) is 25.6 Å². The van der Waals surface area contributed by atoms with Gasteiger partial charge in [0.15, 0.2) is 6.61 Å². The van der Waals surface area contributed by atoms with Gasteiger partial charge in [-0.2, -0.15) is 0 Å². The van der Waals surface area contributed by atoms with Crippen molar-refractivity contribution in [1.29, 1.82) is 0 Å². The lowest BCUT2D eigenvalue weighted by Crippen LogP contribution is -2.20. The van der Waals surface area contributed by atoms with Crippen LogP contribution in [0.15, 0.2) is 48.7 Å². The van der Waals surface area contributed by atoms with Crippen LogP contribution < -0.4 is 10.1 Å². The smallest absolute Gasteiger partial charge is 0.262 e. The first-order valence-electron chi connectivity index (χ1n) is 9.59. The zero-order valence-electron chi connectivity index (χ0n) is 17.0. The number of aryl methyl sites for hydroxylation is 1. The fraction of sp³-hybridized carbons (Fsp3) is 0.348. The van der Waals surface area contributed by atoms with Crippen molar-refractivity contribution in [3.63, 3.8) is 0 Å². The maximum Gasteiger partial charge on any atom is 0.262 e. The van der Waals surface area contributed by atoms with Crippen molar-refractivity contribution in [1.82, 2.24) is 4.57 Å². The maximum atomic E-state index is 12.4. The van der Waals surface area contributed by atoms with E-state index in [1.165, 1.54) is 0 Å². The third kappa shape index (κ3) is 4.73. The summed E-state index contributed by atoms with van der Waals surface area (Å²) in [6, 6.07) is 14.1. The molecule has 1 aromatic heterocycles. The van der Waals surface area contributed by atoms with E-state index in [1.807, 2.05) is 43.5 Å². The molecule has 0 aliphatic heterocycles. The molecule has 0 unspecified atom stereocenters. The van der Waals surface area contributed by atoms with Crippen molar-refractivity contribution >= 4 is 22.5 Å². The number of anilines is 1. The van der Waals surface area contributed by atoms with Gasteiger partial charge in [-0.15, -0.1) is 0 Å². The number of hydrogen-bond acceptors (Lipinski definition) is 3. The summed E-state index contributed by atoms with van der Waals surface area (Å²) in [5.74, 6) is 0.938. The summed E-state index contributed by atoms with van der Waals surface area (Å²) in [5, 5.41) is 4.00. The Morgan fingerprint density at radius 3 is 2.71 bits per heavy atom. The molecule has 148 valence electrons. The van der Waals surface area contributed by atoms with Gasteiger partial charge in [0.25, 0.3) is 5.91 Å². The van der Waals surface area contributed by atoms with Crippen LogP contribution in [-0.4, -0.2) is 30.8 Å². The monoisotopic (exact) mass is 380 g/mol. The molecule has 28 heavy (non-hydrogen) atoms. The normalized spacial score (nSPS) is 11.2. The Morgan fingerprint density at radius 2 is 1.96 bits per heavy atom. The first kappa shape index (κ1) is 20.0. The van der Waals surface area contributed by atoms with E-state index in [9.17, 15) is 4.79 Å². The highest BCUT2D eigenvalue weighted by Gasteiger charge is 2.11. The van der Waals surface area contributed by atoms with Crippen LogP contribution in [0.1, 0.15) is 30.9 Å². The predicted octanol–water partition coefficient (Wildman–Crippen LogP) is 4.74. The summed E-state index contributed by atoms with van der Waals surface area (Å²) in [6.07, 6.45) is 2.03. The molecule has 1 heterocycles. The van der Waals surface area contributed by atoms with Crippen LogP contribution in [0.5, 0.6) is 5.75 Å². The summed E-state index contributed by atoms with van der Waals surface area (Å²) in [5.41, 5.74) is 4.10. The fourth-order valence-electron chi connectivity index (χ4n) is 3.25. The van der Waals surface area contributed by atoms with E-state index < -0.39 is 0 Å². The van der Waals surface area contributed by atoms with Crippen LogP contribution in [0.4, 0.5) is 5.69 Å². The number of aromatic nitrogens is 1. The first-order valence-corrected chi connectivity index (χ1v) is 9.59. The van der Waals surface area contributed by atoms with E-state index in [-0.39, 0.29) is 12.5 Å². The predicted molar refractivity (Wildman–Crippen MR) is 113 cm³/mol. The number of amides is 1. The molecule has 5 heteroatoms. The van der Waals surface area contributed by atoms with Gasteiger partial charge in [-0.05, 0) is 54.3 Å². The lowest BCUT2D eigenvalue weighted by Gasteiger charge is -2.15. The lowest BCUT2D eigenvalue weighted by atomic mass is 10.0. The molecule has 0 bridgehead atoms. The average molecular weight is 380 g/mol. The molecule has 0 fully saturated rings. The number of nitrogens with one attached hydrogen (secondary N) is 1. The Hall–Kier alpha value is -2.79. The Bertz CT molecular complexity index is 960. The number of methoxy groups -OCH3 is 1. The number of carbonyl (C=O) groups is 1. The van der Waals surface area contributed by atoms with Crippen molar-refractivity contribution < 1.29 is 14.3 Å². The van der Waals surface area contributed by atoms with Crippen LogP contribution >= 0.6 is 0 Å².